The van der Waals surface area contributed by atoms with Crippen LogP contribution in [0.4, 0.5) is 10.5 Å². The molecule has 1 fully saturated rings. The summed E-state index contributed by atoms with van der Waals surface area (Å²) in [7, 11) is 0. The first kappa shape index (κ1) is 15.7. The fourth-order valence-electron chi connectivity index (χ4n) is 2.97. The molecule has 1 aromatic heterocycles. The van der Waals surface area contributed by atoms with E-state index in [1.54, 1.807) is 0 Å². The number of carbonyl (C=O) groups is 1. The van der Waals surface area contributed by atoms with Gasteiger partial charge in [-0.2, -0.15) is 0 Å². The van der Waals surface area contributed by atoms with Crippen LogP contribution in [0.1, 0.15) is 12.1 Å². The largest absolute Gasteiger partial charge is 0.337 e. The number of likely N-dealkylation sites (tertiary alicyclic amines) is 1. The molecular weight excluding hydrogens is 290 g/mol. The molecule has 6 heteroatoms. The summed E-state index contributed by atoms with van der Waals surface area (Å²) in [5.41, 5.74) is 8.43. The number of aromatic nitrogens is 1. The van der Waals surface area contributed by atoms with Gasteiger partial charge in [0.2, 0.25) is 0 Å². The van der Waals surface area contributed by atoms with Gasteiger partial charge >= 0.3 is 6.03 Å². The van der Waals surface area contributed by atoms with Gasteiger partial charge in [-0.05, 0) is 32.0 Å². The van der Waals surface area contributed by atoms with Gasteiger partial charge in [0.15, 0.2) is 0 Å². The highest BCUT2D eigenvalue weighted by molar-refractivity contribution is 6.00. The SMILES string of the molecule is Cc1cc(NC(=O)NCCN2CCC(N)C2)c2ccccc2n1. The zero-order valence-corrected chi connectivity index (χ0v) is 13.4. The van der Waals surface area contributed by atoms with Crippen molar-refractivity contribution in [2.45, 2.75) is 19.4 Å². The number of anilines is 1. The van der Waals surface area contributed by atoms with Crippen LogP contribution in [0.5, 0.6) is 0 Å². The Morgan fingerprint density at radius 2 is 2.26 bits per heavy atom. The maximum Gasteiger partial charge on any atom is 0.319 e. The van der Waals surface area contributed by atoms with Crippen LogP contribution in [0.2, 0.25) is 0 Å². The molecule has 1 aliphatic heterocycles. The van der Waals surface area contributed by atoms with Gasteiger partial charge in [0.1, 0.15) is 0 Å². The number of nitrogens with two attached hydrogens (primary N) is 1. The maximum atomic E-state index is 12.1. The molecule has 1 aromatic carbocycles. The smallest absolute Gasteiger partial charge is 0.319 e. The molecule has 1 saturated heterocycles. The van der Waals surface area contributed by atoms with Gasteiger partial charge in [0.25, 0.3) is 0 Å². The van der Waals surface area contributed by atoms with E-state index in [9.17, 15) is 4.79 Å². The number of amides is 2. The maximum absolute atomic E-state index is 12.1. The Morgan fingerprint density at radius 1 is 1.43 bits per heavy atom. The topological polar surface area (TPSA) is 83.3 Å². The lowest BCUT2D eigenvalue weighted by molar-refractivity contribution is 0.249. The van der Waals surface area contributed by atoms with Crippen LogP contribution in [0.15, 0.2) is 30.3 Å². The van der Waals surface area contributed by atoms with Gasteiger partial charge in [-0.15, -0.1) is 0 Å². The summed E-state index contributed by atoms with van der Waals surface area (Å²) in [5.74, 6) is 0. The lowest BCUT2D eigenvalue weighted by Crippen LogP contribution is -2.37. The standard InChI is InChI=1S/C17H23N5O/c1-12-10-16(14-4-2-3-5-15(14)20-12)21-17(23)19-7-9-22-8-6-13(18)11-22/h2-5,10,13H,6-9,11,18H2,1H3,(H2,19,20,21,23). The first-order valence-corrected chi connectivity index (χ1v) is 8.01. The summed E-state index contributed by atoms with van der Waals surface area (Å²) in [6.07, 6.45) is 1.04. The van der Waals surface area contributed by atoms with Crippen molar-refractivity contribution in [3.8, 4) is 0 Å². The average molecular weight is 313 g/mol. The number of nitrogens with zero attached hydrogens (tertiary/aromatic N) is 2. The Hall–Kier alpha value is -2.18. The highest BCUT2D eigenvalue weighted by Gasteiger charge is 2.18. The molecule has 2 amide bonds. The molecule has 2 heterocycles. The summed E-state index contributed by atoms with van der Waals surface area (Å²) in [6, 6.07) is 9.77. The van der Waals surface area contributed by atoms with E-state index < -0.39 is 0 Å². The third-order valence-electron chi connectivity index (χ3n) is 4.11. The van der Waals surface area contributed by atoms with Crippen molar-refractivity contribution in [1.82, 2.24) is 15.2 Å². The number of fused-ring (bicyclic) bond motifs is 1. The van der Waals surface area contributed by atoms with Crippen LogP contribution < -0.4 is 16.4 Å². The molecule has 0 spiro atoms. The van der Waals surface area contributed by atoms with E-state index in [0.29, 0.717) is 6.54 Å². The minimum atomic E-state index is -0.191. The van der Waals surface area contributed by atoms with Crippen molar-refractivity contribution in [2.75, 3.05) is 31.5 Å². The summed E-state index contributed by atoms with van der Waals surface area (Å²) in [6.45, 7) is 5.29. The molecule has 0 bridgehead atoms. The van der Waals surface area contributed by atoms with E-state index in [2.05, 4.69) is 20.5 Å². The van der Waals surface area contributed by atoms with E-state index in [4.69, 9.17) is 5.73 Å². The normalized spacial score (nSPS) is 18.3. The predicted octanol–water partition coefficient (Wildman–Crippen LogP) is 1.70. The molecule has 4 N–H and O–H groups in total. The Labute approximate surface area is 136 Å². The van der Waals surface area contributed by atoms with Gasteiger partial charge in [-0.1, -0.05) is 18.2 Å². The predicted molar refractivity (Wildman–Crippen MR) is 92.5 cm³/mol. The third-order valence-corrected chi connectivity index (χ3v) is 4.11. The van der Waals surface area contributed by atoms with Crippen LogP contribution in [0, 0.1) is 6.92 Å². The Bertz CT molecular complexity index is 702. The van der Waals surface area contributed by atoms with Crippen LogP contribution in [0.3, 0.4) is 0 Å². The number of para-hydroxylation sites is 1. The second-order valence-corrected chi connectivity index (χ2v) is 6.06. The number of hydrogen-bond donors (Lipinski definition) is 3. The minimum Gasteiger partial charge on any atom is -0.337 e. The average Bonchev–Trinajstić information content (AvgIpc) is 2.92. The van der Waals surface area contributed by atoms with Crippen molar-refractivity contribution >= 4 is 22.6 Å². The zero-order valence-electron chi connectivity index (χ0n) is 13.4. The number of aryl methyl sites for hydroxylation is 1. The fraction of sp³-hybridized carbons (Fsp3) is 0.412. The number of pyridine rings is 1. The fourth-order valence-corrected chi connectivity index (χ4v) is 2.97. The Kier molecular flexibility index (Phi) is 4.73. The molecule has 0 aliphatic carbocycles. The molecule has 1 aliphatic rings. The number of rotatable bonds is 4. The third kappa shape index (κ3) is 3.97. The van der Waals surface area contributed by atoms with Crippen molar-refractivity contribution in [1.29, 1.82) is 0 Å². The second kappa shape index (κ2) is 6.93. The van der Waals surface area contributed by atoms with Gasteiger partial charge in [0, 0.05) is 36.8 Å². The molecule has 0 radical (unpaired) electrons. The molecule has 23 heavy (non-hydrogen) atoms. The van der Waals surface area contributed by atoms with E-state index in [1.165, 1.54) is 0 Å². The first-order valence-electron chi connectivity index (χ1n) is 8.01. The van der Waals surface area contributed by atoms with Gasteiger partial charge in [0.05, 0.1) is 11.2 Å². The monoisotopic (exact) mass is 313 g/mol. The second-order valence-electron chi connectivity index (χ2n) is 6.06. The molecule has 3 rings (SSSR count). The molecule has 1 atom stereocenters. The number of benzene rings is 1. The van der Waals surface area contributed by atoms with Crippen LogP contribution in [-0.2, 0) is 0 Å². The molecule has 1 unspecified atom stereocenters. The number of urea groups is 1. The van der Waals surface area contributed by atoms with Crippen molar-refractivity contribution < 1.29 is 4.79 Å². The van der Waals surface area contributed by atoms with E-state index in [-0.39, 0.29) is 12.1 Å². The van der Waals surface area contributed by atoms with E-state index in [1.807, 2.05) is 37.3 Å². The molecule has 122 valence electrons. The molecule has 2 aromatic rings. The van der Waals surface area contributed by atoms with Gasteiger partial charge < -0.3 is 16.4 Å². The highest BCUT2D eigenvalue weighted by atomic mass is 16.2. The molecule has 0 saturated carbocycles. The zero-order chi connectivity index (χ0) is 16.2. The number of nitrogens with one attached hydrogen (secondary N) is 2. The van der Waals surface area contributed by atoms with Gasteiger partial charge in [-0.25, -0.2) is 4.79 Å². The number of hydrogen-bond acceptors (Lipinski definition) is 4. The minimum absolute atomic E-state index is 0.191. The van der Waals surface area contributed by atoms with Gasteiger partial charge in [-0.3, -0.25) is 9.88 Å². The van der Waals surface area contributed by atoms with E-state index in [0.717, 1.165) is 48.3 Å². The quantitative estimate of drug-likeness (QED) is 0.802. The lowest BCUT2D eigenvalue weighted by Gasteiger charge is -2.16. The number of carbonyl (C=O) groups excluding carboxylic acids is 1. The van der Waals surface area contributed by atoms with Crippen molar-refractivity contribution in [2.24, 2.45) is 5.73 Å². The summed E-state index contributed by atoms with van der Waals surface area (Å²) in [4.78, 5) is 18.9. The first-order chi connectivity index (χ1) is 11.1. The van der Waals surface area contributed by atoms with Crippen LogP contribution >= 0.6 is 0 Å². The van der Waals surface area contributed by atoms with Crippen LogP contribution in [0.25, 0.3) is 10.9 Å². The summed E-state index contributed by atoms with van der Waals surface area (Å²) >= 11 is 0. The Balaban J connectivity index is 1.57. The van der Waals surface area contributed by atoms with E-state index >= 15 is 0 Å². The highest BCUT2D eigenvalue weighted by Crippen LogP contribution is 2.22. The van der Waals surface area contributed by atoms with Crippen molar-refractivity contribution in [3.63, 3.8) is 0 Å². The molecular formula is C17H23N5O. The summed E-state index contributed by atoms with van der Waals surface area (Å²) in [5, 5.41) is 6.77. The molecule has 6 nitrogen and oxygen atoms in total. The lowest BCUT2D eigenvalue weighted by atomic mass is 10.1. The summed E-state index contributed by atoms with van der Waals surface area (Å²) < 4.78 is 0. The van der Waals surface area contributed by atoms with Crippen LogP contribution in [-0.4, -0.2) is 48.1 Å². The van der Waals surface area contributed by atoms with Crippen molar-refractivity contribution in [3.05, 3.63) is 36.0 Å². The Morgan fingerprint density at radius 3 is 3.04 bits per heavy atom.